The van der Waals surface area contributed by atoms with Gasteiger partial charge in [0.15, 0.2) is 0 Å². The van der Waals surface area contributed by atoms with Gasteiger partial charge in [-0.1, -0.05) is 41.9 Å². The molecule has 0 radical (unpaired) electrons. The van der Waals surface area contributed by atoms with Gasteiger partial charge in [0.1, 0.15) is 5.70 Å². The number of carbonyl (C=O) groups excluding carboxylic acids is 2. The van der Waals surface area contributed by atoms with E-state index in [1.807, 2.05) is 55.9 Å². The van der Waals surface area contributed by atoms with E-state index in [9.17, 15) is 9.59 Å². The number of hydrogen-bond acceptors (Lipinski definition) is 2. The van der Waals surface area contributed by atoms with Crippen molar-refractivity contribution in [1.82, 2.24) is 14.8 Å². The highest BCUT2D eigenvalue weighted by Crippen LogP contribution is 2.23. The van der Waals surface area contributed by atoms with Crippen LogP contribution >= 0.6 is 11.6 Å². The van der Waals surface area contributed by atoms with Gasteiger partial charge in [-0.15, -0.1) is 0 Å². The van der Waals surface area contributed by atoms with Gasteiger partial charge >= 0.3 is 0 Å². The molecule has 0 atom stereocenters. The molecule has 0 aliphatic carbocycles. The molecule has 1 heterocycles. The van der Waals surface area contributed by atoms with Crippen LogP contribution in [0.25, 0.3) is 17.0 Å². The Balaban J connectivity index is 2.05. The molecular formula is C23H24ClN3O2. The Morgan fingerprint density at radius 1 is 1.07 bits per heavy atom. The smallest absolute Gasteiger partial charge is 0.270 e. The van der Waals surface area contributed by atoms with Crippen LogP contribution in [0.4, 0.5) is 0 Å². The van der Waals surface area contributed by atoms with Crippen molar-refractivity contribution < 1.29 is 9.59 Å². The highest BCUT2D eigenvalue weighted by molar-refractivity contribution is 6.34. The predicted molar refractivity (Wildman–Crippen MR) is 118 cm³/mol. The Hall–Kier alpha value is -3.05. The molecule has 0 saturated carbocycles. The number of benzene rings is 2. The Bertz CT molecular complexity index is 1080. The first-order chi connectivity index (χ1) is 14.0. The van der Waals surface area contributed by atoms with Gasteiger partial charge in [0.2, 0.25) is 0 Å². The fraction of sp³-hybridized carbons (Fsp3) is 0.217. The van der Waals surface area contributed by atoms with E-state index in [-0.39, 0.29) is 11.6 Å². The second-order valence-corrected chi connectivity index (χ2v) is 7.09. The second-order valence-electron chi connectivity index (χ2n) is 6.68. The maximum absolute atomic E-state index is 13.1. The molecule has 1 aromatic heterocycles. The van der Waals surface area contributed by atoms with Crippen molar-refractivity contribution in [3.8, 4) is 0 Å². The Morgan fingerprint density at radius 3 is 2.41 bits per heavy atom. The quantitative estimate of drug-likeness (QED) is 0.610. The predicted octanol–water partition coefficient (Wildman–Crippen LogP) is 4.47. The SMILES string of the molecule is CCN(CC)C(=O)/C(=C/c1cn(C)c2ccccc12)NC(=O)c1ccccc1Cl. The fourth-order valence-corrected chi connectivity index (χ4v) is 3.53. The van der Waals surface area contributed by atoms with Gasteiger partial charge in [-0.3, -0.25) is 9.59 Å². The van der Waals surface area contributed by atoms with Gasteiger partial charge in [-0.2, -0.15) is 0 Å². The van der Waals surface area contributed by atoms with Gasteiger partial charge in [0.25, 0.3) is 11.8 Å². The number of halogens is 1. The van der Waals surface area contributed by atoms with E-state index in [1.54, 1.807) is 35.2 Å². The number of likely N-dealkylation sites (N-methyl/N-ethyl adjacent to an activating group) is 1. The monoisotopic (exact) mass is 409 g/mol. The summed E-state index contributed by atoms with van der Waals surface area (Å²) in [5.41, 5.74) is 2.45. The molecule has 3 rings (SSSR count). The standard InChI is InChI=1S/C23H24ClN3O2/c1-4-27(5-2)23(29)20(25-22(28)18-11-6-8-12-19(18)24)14-16-15-26(3)21-13-9-7-10-17(16)21/h6-15H,4-5H2,1-3H3,(H,25,28)/b20-14-. The van der Waals surface area contributed by atoms with E-state index < -0.39 is 5.91 Å². The van der Waals surface area contributed by atoms with Gasteiger partial charge in [0, 0.05) is 42.8 Å². The molecule has 0 bridgehead atoms. The normalized spacial score (nSPS) is 11.5. The van der Waals surface area contributed by atoms with Gasteiger partial charge in [0.05, 0.1) is 10.6 Å². The van der Waals surface area contributed by atoms with Crippen LogP contribution in [0.2, 0.25) is 5.02 Å². The molecule has 6 heteroatoms. The maximum Gasteiger partial charge on any atom is 0.270 e. The summed E-state index contributed by atoms with van der Waals surface area (Å²) in [5.74, 6) is -0.647. The van der Waals surface area contributed by atoms with Crippen molar-refractivity contribution >= 4 is 40.4 Å². The van der Waals surface area contributed by atoms with Gasteiger partial charge in [-0.25, -0.2) is 0 Å². The number of amides is 2. The minimum atomic E-state index is -0.414. The summed E-state index contributed by atoms with van der Waals surface area (Å²) in [7, 11) is 1.95. The van der Waals surface area contributed by atoms with Crippen LogP contribution in [-0.2, 0) is 11.8 Å². The Labute approximate surface area is 175 Å². The summed E-state index contributed by atoms with van der Waals surface area (Å²) in [6, 6.07) is 14.7. The lowest BCUT2D eigenvalue weighted by Crippen LogP contribution is -2.38. The molecular weight excluding hydrogens is 386 g/mol. The molecule has 0 spiro atoms. The highest BCUT2D eigenvalue weighted by atomic mass is 35.5. The summed E-state index contributed by atoms with van der Waals surface area (Å²) in [4.78, 5) is 27.6. The third kappa shape index (κ3) is 4.35. The van der Waals surface area contributed by atoms with E-state index in [1.165, 1.54) is 0 Å². The zero-order valence-corrected chi connectivity index (χ0v) is 17.5. The summed E-state index contributed by atoms with van der Waals surface area (Å²) in [5, 5.41) is 4.13. The number of fused-ring (bicyclic) bond motifs is 1. The maximum atomic E-state index is 13.1. The van der Waals surface area contributed by atoms with Crippen LogP contribution in [0.15, 0.2) is 60.4 Å². The number of carbonyl (C=O) groups is 2. The fourth-order valence-electron chi connectivity index (χ4n) is 3.31. The van der Waals surface area contributed by atoms with Crippen molar-refractivity contribution in [3.05, 3.63) is 76.6 Å². The van der Waals surface area contributed by atoms with Gasteiger partial charge < -0.3 is 14.8 Å². The third-order valence-electron chi connectivity index (χ3n) is 4.88. The number of aromatic nitrogens is 1. The average Bonchev–Trinajstić information content (AvgIpc) is 3.04. The molecule has 2 amide bonds. The number of hydrogen-bond donors (Lipinski definition) is 1. The highest BCUT2D eigenvalue weighted by Gasteiger charge is 2.20. The lowest BCUT2D eigenvalue weighted by molar-refractivity contribution is -0.127. The first-order valence-electron chi connectivity index (χ1n) is 9.57. The largest absolute Gasteiger partial charge is 0.350 e. The van der Waals surface area contributed by atoms with Crippen LogP contribution in [0.3, 0.4) is 0 Å². The van der Waals surface area contributed by atoms with E-state index in [0.717, 1.165) is 16.5 Å². The lowest BCUT2D eigenvalue weighted by Gasteiger charge is -2.21. The van der Waals surface area contributed by atoms with Crippen molar-refractivity contribution in [2.45, 2.75) is 13.8 Å². The minimum absolute atomic E-state index is 0.218. The third-order valence-corrected chi connectivity index (χ3v) is 5.20. The molecule has 1 N–H and O–H groups in total. The molecule has 150 valence electrons. The van der Waals surface area contributed by atoms with Crippen LogP contribution in [0.1, 0.15) is 29.8 Å². The molecule has 5 nitrogen and oxygen atoms in total. The Morgan fingerprint density at radius 2 is 1.72 bits per heavy atom. The van der Waals surface area contributed by atoms with E-state index in [4.69, 9.17) is 11.6 Å². The molecule has 0 unspecified atom stereocenters. The van der Waals surface area contributed by atoms with E-state index >= 15 is 0 Å². The molecule has 0 fully saturated rings. The first kappa shape index (κ1) is 20.7. The summed E-state index contributed by atoms with van der Waals surface area (Å²) in [6.45, 7) is 4.91. The van der Waals surface area contributed by atoms with E-state index in [0.29, 0.717) is 23.7 Å². The zero-order valence-electron chi connectivity index (χ0n) is 16.8. The second kappa shape index (κ2) is 8.97. The topological polar surface area (TPSA) is 54.3 Å². The summed E-state index contributed by atoms with van der Waals surface area (Å²) in [6.07, 6.45) is 3.68. The molecule has 0 saturated heterocycles. The number of aryl methyl sites for hydroxylation is 1. The lowest BCUT2D eigenvalue weighted by atomic mass is 10.1. The number of rotatable bonds is 6. The molecule has 0 aliphatic rings. The average molecular weight is 410 g/mol. The molecule has 2 aromatic carbocycles. The van der Waals surface area contributed by atoms with Gasteiger partial charge in [-0.05, 0) is 38.1 Å². The number of nitrogens with one attached hydrogen (secondary N) is 1. The van der Waals surface area contributed by atoms with Crippen molar-refractivity contribution in [2.75, 3.05) is 13.1 Å². The van der Waals surface area contributed by atoms with Crippen LogP contribution in [0.5, 0.6) is 0 Å². The molecule has 3 aromatic rings. The van der Waals surface area contributed by atoms with E-state index in [2.05, 4.69) is 5.32 Å². The van der Waals surface area contributed by atoms with Crippen molar-refractivity contribution in [3.63, 3.8) is 0 Å². The summed E-state index contributed by atoms with van der Waals surface area (Å²) >= 11 is 6.16. The van der Waals surface area contributed by atoms with Crippen LogP contribution in [0, 0.1) is 0 Å². The number of para-hydroxylation sites is 1. The van der Waals surface area contributed by atoms with Crippen LogP contribution < -0.4 is 5.32 Å². The Kier molecular flexibility index (Phi) is 6.39. The molecule has 29 heavy (non-hydrogen) atoms. The summed E-state index contributed by atoms with van der Waals surface area (Å²) < 4.78 is 2.00. The first-order valence-corrected chi connectivity index (χ1v) is 9.95. The van der Waals surface area contributed by atoms with Crippen LogP contribution in [-0.4, -0.2) is 34.4 Å². The van der Waals surface area contributed by atoms with Crippen molar-refractivity contribution in [2.24, 2.45) is 7.05 Å². The zero-order chi connectivity index (χ0) is 21.0. The van der Waals surface area contributed by atoms with Crippen molar-refractivity contribution in [1.29, 1.82) is 0 Å². The molecule has 0 aliphatic heterocycles. The number of nitrogens with zero attached hydrogens (tertiary/aromatic N) is 2. The minimum Gasteiger partial charge on any atom is -0.350 e.